The van der Waals surface area contributed by atoms with Gasteiger partial charge in [0.1, 0.15) is 0 Å². The van der Waals surface area contributed by atoms with Crippen LogP contribution in [0.4, 0.5) is 0 Å². The summed E-state index contributed by atoms with van der Waals surface area (Å²) in [6.07, 6.45) is 0. The van der Waals surface area contributed by atoms with Gasteiger partial charge in [0, 0.05) is 38.2 Å². The summed E-state index contributed by atoms with van der Waals surface area (Å²) in [5, 5.41) is 7.74. The average molecular weight is 455 g/mol. The van der Waals surface area contributed by atoms with Crippen LogP contribution in [0.5, 0.6) is 0 Å². The minimum absolute atomic E-state index is 0. The lowest BCUT2D eigenvalue weighted by molar-refractivity contribution is 0.162. The van der Waals surface area contributed by atoms with E-state index in [1.54, 1.807) is 18.4 Å². The van der Waals surface area contributed by atoms with Gasteiger partial charge in [-0.25, -0.2) is 9.98 Å². The summed E-state index contributed by atoms with van der Waals surface area (Å²) in [6.45, 7) is 11.2. The summed E-state index contributed by atoms with van der Waals surface area (Å²) in [4.78, 5) is 12.5. The summed E-state index contributed by atoms with van der Waals surface area (Å²) in [7, 11) is 3.82. The van der Waals surface area contributed by atoms with Crippen LogP contribution >= 0.6 is 35.3 Å². The van der Waals surface area contributed by atoms with Crippen molar-refractivity contribution < 1.29 is 4.74 Å². The number of aryl methyl sites for hydroxylation is 2. The van der Waals surface area contributed by atoms with Gasteiger partial charge in [0.15, 0.2) is 5.96 Å². The monoisotopic (exact) mass is 455 g/mol. The zero-order valence-corrected chi connectivity index (χ0v) is 18.0. The van der Waals surface area contributed by atoms with Gasteiger partial charge in [0.05, 0.1) is 23.9 Å². The first kappa shape index (κ1) is 22.6. The van der Waals surface area contributed by atoms with Gasteiger partial charge in [-0.2, -0.15) is 0 Å². The van der Waals surface area contributed by atoms with Crippen molar-refractivity contribution in [2.45, 2.75) is 27.3 Å². The minimum Gasteiger partial charge on any atom is -0.383 e. The number of hydrogen-bond acceptors (Lipinski definition) is 5. The molecule has 1 rings (SSSR count). The van der Waals surface area contributed by atoms with Crippen LogP contribution in [-0.4, -0.2) is 62.8 Å². The summed E-state index contributed by atoms with van der Waals surface area (Å²) < 4.78 is 5.08. The molecule has 0 saturated carbocycles. The number of likely N-dealkylation sites (N-methyl/N-ethyl adjacent to an activating group) is 1. The largest absolute Gasteiger partial charge is 0.383 e. The lowest BCUT2D eigenvalue weighted by Gasteiger charge is -2.17. The normalized spacial score (nSPS) is 11.5. The molecule has 1 aromatic rings. The molecule has 134 valence electrons. The van der Waals surface area contributed by atoms with Gasteiger partial charge in [-0.1, -0.05) is 0 Å². The molecule has 0 spiro atoms. The summed E-state index contributed by atoms with van der Waals surface area (Å²) in [5.41, 5.74) is 1.08. The molecule has 0 radical (unpaired) electrons. The van der Waals surface area contributed by atoms with E-state index in [1.165, 1.54) is 4.88 Å². The average Bonchev–Trinajstić information content (AvgIpc) is 2.80. The fourth-order valence-electron chi connectivity index (χ4n) is 1.94. The highest BCUT2D eigenvalue weighted by Gasteiger charge is 2.05. The predicted octanol–water partition coefficient (Wildman–Crippen LogP) is 2.01. The standard InChI is InChI=1S/C15H29N5OS.HI/c1-6-16-15(17-7-8-20(4)9-10-21-5)18-11-14-12(2)19-13(3)22-14;/h6-11H2,1-5H3,(H2,16,17,18);1H. The van der Waals surface area contributed by atoms with E-state index in [9.17, 15) is 0 Å². The second-order valence-corrected chi connectivity index (χ2v) is 6.45. The topological polar surface area (TPSA) is 61.8 Å². The number of halogens is 1. The fourth-order valence-corrected chi connectivity index (χ4v) is 2.80. The van der Waals surface area contributed by atoms with Gasteiger partial charge in [-0.05, 0) is 27.8 Å². The fraction of sp³-hybridized carbons (Fsp3) is 0.733. The number of nitrogens with zero attached hydrogens (tertiary/aromatic N) is 3. The van der Waals surface area contributed by atoms with Gasteiger partial charge >= 0.3 is 0 Å². The quantitative estimate of drug-likeness (QED) is 0.339. The Balaban J connectivity index is 0.00000484. The first-order chi connectivity index (χ1) is 10.6. The number of aliphatic imine (C=N–C) groups is 1. The molecule has 1 aromatic heterocycles. The SMILES string of the molecule is CCNC(=NCc1sc(C)nc1C)NCCN(C)CCOC.I. The maximum Gasteiger partial charge on any atom is 0.191 e. The summed E-state index contributed by atoms with van der Waals surface area (Å²) >= 11 is 1.72. The molecule has 0 aliphatic rings. The third-order valence-corrected chi connectivity index (χ3v) is 4.25. The van der Waals surface area contributed by atoms with Crippen molar-refractivity contribution in [3.63, 3.8) is 0 Å². The molecule has 0 atom stereocenters. The molecule has 6 nitrogen and oxygen atoms in total. The molecule has 0 unspecified atom stereocenters. The molecule has 0 bridgehead atoms. The summed E-state index contributed by atoms with van der Waals surface area (Å²) in [6, 6.07) is 0. The van der Waals surface area contributed by atoms with E-state index < -0.39 is 0 Å². The molecule has 0 aliphatic carbocycles. The van der Waals surface area contributed by atoms with Crippen molar-refractivity contribution in [3.8, 4) is 0 Å². The van der Waals surface area contributed by atoms with E-state index in [0.717, 1.165) is 49.4 Å². The highest BCUT2D eigenvalue weighted by molar-refractivity contribution is 14.0. The van der Waals surface area contributed by atoms with Gasteiger partial charge in [0.2, 0.25) is 0 Å². The Labute approximate surface area is 161 Å². The molecule has 0 saturated heterocycles. The summed E-state index contributed by atoms with van der Waals surface area (Å²) in [5.74, 6) is 0.855. The van der Waals surface area contributed by atoms with E-state index in [-0.39, 0.29) is 24.0 Å². The van der Waals surface area contributed by atoms with Gasteiger partial charge < -0.3 is 20.3 Å². The van der Waals surface area contributed by atoms with Gasteiger partial charge in [-0.3, -0.25) is 0 Å². The van der Waals surface area contributed by atoms with Gasteiger partial charge in [-0.15, -0.1) is 35.3 Å². The van der Waals surface area contributed by atoms with Crippen molar-refractivity contribution >= 4 is 41.3 Å². The molecule has 23 heavy (non-hydrogen) atoms. The molecule has 0 aliphatic heterocycles. The van der Waals surface area contributed by atoms with E-state index in [2.05, 4.69) is 39.5 Å². The van der Waals surface area contributed by atoms with Crippen LogP contribution in [0.25, 0.3) is 0 Å². The number of rotatable bonds is 9. The number of aromatic nitrogens is 1. The van der Waals surface area contributed by atoms with Crippen molar-refractivity contribution in [2.24, 2.45) is 4.99 Å². The van der Waals surface area contributed by atoms with Crippen molar-refractivity contribution in [3.05, 3.63) is 15.6 Å². The van der Waals surface area contributed by atoms with E-state index in [0.29, 0.717) is 6.54 Å². The van der Waals surface area contributed by atoms with E-state index in [1.807, 2.05) is 13.8 Å². The second-order valence-electron chi connectivity index (χ2n) is 5.16. The van der Waals surface area contributed by atoms with Gasteiger partial charge in [0.25, 0.3) is 0 Å². The smallest absolute Gasteiger partial charge is 0.191 e. The molecular formula is C15H30IN5OS. The number of ether oxygens (including phenoxy) is 1. The molecule has 2 N–H and O–H groups in total. The van der Waals surface area contributed by atoms with Crippen molar-refractivity contribution in [1.29, 1.82) is 0 Å². The minimum atomic E-state index is 0. The van der Waals surface area contributed by atoms with Crippen LogP contribution in [0.1, 0.15) is 22.5 Å². The molecule has 0 amide bonds. The predicted molar refractivity (Wildman–Crippen MR) is 109 cm³/mol. The third kappa shape index (κ3) is 9.43. The Morgan fingerprint density at radius 2 is 2.04 bits per heavy atom. The molecule has 8 heteroatoms. The van der Waals surface area contributed by atoms with Crippen LogP contribution in [0.2, 0.25) is 0 Å². The third-order valence-electron chi connectivity index (χ3n) is 3.19. The number of nitrogens with one attached hydrogen (secondary N) is 2. The molecule has 0 fully saturated rings. The molecular weight excluding hydrogens is 425 g/mol. The Morgan fingerprint density at radius 1 is 1.30 bits per heavy atom. The maximum atomic E-state index is 5.08. The zero-order chi connectivity index (χ0) is 16.4. The highest BCUT2D eigenvalue weighted by atomic mass is 127. The van der Waals surface area contributed by atoms with Crippen LogP contribution in [0.15, 0.2) is 4.99 Å². The van der Waals surface area contributed by atoms with E-state index >= 15 is 0 Å². The van der Waals surface area contributed by atoms with Crippen LogP contribution < -0.4 is 10.6 Å². The van der Waals surface area contributed by atoms with Crippen LogP contribution in [-0.2, 0) is 11.3 Å². The first-order valence-corrected chi connectivity index (χ1v) is 8.51. The number of guanidine groups is 1. The van der Waals surface area contributed by atoms with Crippen molar-refractivity contribution in [2.75, 3.05) is 46.9 Å². The van der Waals surface area contributed by atoms with Crippen LogP contribution in [0, 0.1) is 13.8 Å². The zero-order valence-electron chi connectivity index (χ0n) is 14.8. The van der Waals surface area contributed by atoms with Crippen molar-refractivity contribution in [1.82, 2.24) is 20.5 Å². The van der Waals surface area contributed by atoms with Crippen LogP contribution in [0.3, 0.4) is 0 Å². The Bertz CT molecular complexity index is 467. The van der Waals surface area contributed by atoms with E-state index in [4.69, 9.17) is 4.74 Å². The lowest BCUT2D eigenvalue weighted by Crippen LogP contribution is -2.41. The lowest BCUT2D eigenvalue weighted by atomic mass is 10.4. The number of thiazole rings is 1. The Morgan fingerprint density at radius 3 is 2.61 bits per heavy atom. The number of methoxy groups -OCH3 is 1. The maximum absolute atomic E-state index is 5.08. The Kier molecular flexibility index (Phi) is 12.7. The Hall–Kier alpha value is -0.450. The molecule has 1 heterocycles. The second kappa shape index (κ2) is 12.9. The highest BCUT2D eigenvalue weighted by Crippen LogP contribution is 2.17. The molecule has 0 aromatic carbocycles. The first-order valence-electron chi connectivity index (χ1n) is 7.69. The number of hydrogen-bond donors (Lipinski definition) is 2.